The second-order valence-corrected chi connectivity index (χ2v) is 5.31. The zero-order chi connectivity index (χ0) is 12.7. The lowest BCUT2D eigenvalue weighted by Crippen LogP contribution is -2.51. The van der Waals surface area contributed by atoms with Gasteiger partial charge in [0.2, 0.25) is 0 Å². The van der Waals surface area contributed by atoms with Crippen molar-refractivity contribution in [3.8, 4) is 0 Å². The summed E-state index contributed by atoms with van der Waals surface area (Å²) < 4.78 is 0. The molecule has 0 spiro atoms. The quantitative estimate of drug-likeness (QED) is 0.680. The molecule has 0 saturated carbocycles. The van der Waals surface area contributed by atoms with Crippen LogP contribution in [-0.4, -0.2) is 62.7 Å². The van der Waals surface area contributed by atoms with Crippen LogP contribution in [0.5, 0.6) is 0 Å². The average molecular weight is 229 g/mol. The number of hydrogen-bond donors (Lipinski definition) is 1. The van der Waals surface area contributed by atoms with E-state index in [1.54, 1.807) is 0 Å². The highest BCUT2D eigenvalue weighted by atomic mass is 15.2. The Morgan fingerprint density at radius 2 is 1.69 bits per heavy atom. The highest BCUT2D eigenvalue weighted by molar-refractivity contribution is 4.81. The summed E-state index contributed by atoms with van der Waals surface area (Å²) in [5, 5.41) is 3.32. The Hall–Kier alpha value is -0.120. The fraction of sp³-hybridized carbons (Fsp3) is 1.00. The van der Waals surface area contributed by atoms with Gasteiger partial charge in [-0.15, -0.1) is 0 Å². The van der Waals surface area contributed by atoms with E-state index in [0.717, 1.165) is 19.6 Å². The van der Waals surface area contributed by atoms with Gasteiger partial charge in [0.25, 0.3) is 0 Å². The van der Waals surface area contributed by atoms with Crippen molar-refractivity contribution < 1.29 is 0 Å². The summed E-state index contributed by atoms with van der Waals surface area (Å²) in [6.45, 7) is 12.5. The topological polar surface area (TPSA) is 18.5 Å². The first kappa shape index (κ1) is 15.9. The molecule has 2 unspecified atom stereocenters. The number of nitrogens with one attached hydrogen (secondary N) is 1. The lowest BCUT2D eigenvalue weighted by Gasteiger charge is -2.39. The van der Waals surface area contributed by atoms with Gasteiger partial charge in [-0.2, -0.15) is 0 Å². The van der Waals surface area contributed by atoms with Crippen LogP contribution in [0.2, 0.25) is 0 Å². The van der Waals surface area contributed by atoms with Gasteiger partial charge < -0.3 is 10.2 Å². The summed E-state index contributed by atoms with van der Waals surface area (Å²) in [6, 6.07) is 1.24. The molecule has 98 valence electrons. The van der Waals surface area contributed by atoms with Gasteiger partial charge in [0.15, 0.2) is 0 Å². The van der Waals surface area contributed by atoms with E-state index < -0.39 is 0 Å². The smallest absolute Gasteiger partial charge is 0.0246 e. The summed E-state index contributed by atoms with van der Waals surface area (Å²) in [5.74, 6) is 0.692. The second kappa shape index (κ2) is 8.04. The highest BCUT2D eigenvalue weighted by Crippen LogP contribution is 2.14. The Morgan fingerprint density at radius 3 is 2.00 bits per heavy atom. The van der Waals surface area contributed by atoms with Crippen molar-refractivity contribution >= 4 is 0 Å². The molecule has 0 fully saturated rings. The second-order valence-electron chi connectivity index (χ2n) is 5.31. The molecule has 16 heavy (non-hydrogen) atoms. The fourth-order valence-electron chi connectivity index (χ4n) is 2.45. The summed E-state index contributed by atoms with van der Waals surface area (Å²) in [5.41, 5.74) is 0. The normalized spacial score (nSPS) is 16.1. The number of nitrogens with zero attached hydrogens (tertiary/aromatic N) is 2. The maximum atomic E-state index is 3.32. The van der Waals surface area contributed by atoms with E-state index in [-0.39, 0.29) is 0 Å². The molecule has 0 saturated heterocycles. The standard InChI is InChI=1S/C13H31N3/c1-8-16(12(4)10-15(6)7)13(9-14-5)11(2)3/h11-14H,8-10H2,1-7H3. The van der Waals surface area contributed by atoms with E-state index in [2.05, 4.69) is 56.9 Å². The Labute approximate surface area is 102 Å². The molecule has 0 bridgehead atoms. The molecular formula is C13H31N3. The van der Waals surface area contributed by atoms with Crippen LogP contribution in [0.1, 0.15) is 27.7 Å². The summed E-state index contributed by atoms with van der Waals surface area (Å²) >= 11 is 0. The number of rotatable bonds is 8. The third-order valence-corrected chi connectivity index (χ3v) is 3.17. The fourth-order valence-corrected chi connectivity index (χ4v) is 2.45. The van der Waals surface area contributed by atoms with Crippen LogP contribution in [0.4, 0.5) is 0 Å². The van der Waals surface area contributed by atoms with Crippen LogP contribution in [-0.2, 0) is 0 Å². The zero-order valence-corrected chi connectivity index (χ0v) is 12.2. The Kier molecular flexibility index (Phi) is 7.98. The maximum Gasteiger partial charge on any atom is 0.0246 e. The van der Waals surface area contributed by atoms with E-state index in [1.165, 1.54) is 0 Å². The van der Waals surface area contributed by atoms with Crippen molar-refractivity contribution in [2.75, 3.05) is 40.8 Å². The molecular weight excluding hydrogens is 198 g/mol. The zero-order valence-electron chi connectivity index (χ0n) is 12.2. The molecule has 0 aliphatic heterocycles. The molecule has 0 heterocycles. The van der Waals surface area contributed by atoms with Crippen molar-refractivity contribution in [1.82, 2.24) is 15.1 Å². The van der Waals surface area contributed by atoms with Crippen molar-refractivity contribution in [2.24, 2.45) is 5.92 Å². The lowest BCUT2D eigenvalue weighted by atomic mass is 10.0. The van der Waals surface area contributed by atoms with E-state index in [4.69, 9.17) is 0 Å². The van der Waals surface area contributed by atoms with Gasteiger partial charge >= 0.3 is 0 Å². The monoisotopic (exact) mass is 229 g/mol. The SMILES string of the molecule is CCN(C(C)CN(C)C)C(CNC)C(C)C. The minimum Gasteiger partial charge on any atom is -0.318 e. The molecule has 1 N–H and O–H groups in total. The third kappa shape index (κ3) is 5.28. The molecule has 0 radical (unpaired) electrons. The van der Waals surface area contributed by atoms with Crippen molar-refractivity contribution in [3.05, 3.63) is 0 Å². The van der Waals surface area contributed by atoms with Crippen molar-refractivity contribution in [1.29, 1.82) is 0 Å². The van der Waals surface area contributed by atoms with Crippen LogP contribution < -0.4 is 5.32 Å². The lowest BCUT2D eigenvalue weighted by molar-refractivity contribution is 0.0988. The molecule has 0 rings (SSSR count). The van der Waals surface area contributed by atoms with Gasteiger partial charge in [0, 0.05) is 25.2 Å². The predicted molar refractivity (Wildman–Crippen MR) is 72.9 cm³/mol. The van der Waals surface area contributed by atoms with Crippen LogP contribution >= 0.6 is 0 Å². The van der Waals surface area contributed by atoms with E-state index >= 15 is 0 Å². The Balaban J connectivity index is 4.51. The summed E-state index contributed by atoms with van der Waals surface area (Å²) in [4.78, 5) is 4.88. The van der Waals surface area contributed by atoms with Gasteiger partial charge in [-0.3, -0.25) is 4.90 Å². The van der Waals surface area contributed by atoms with E-state index in [0.29, 0.717) is 18.0 Å². The third-order valence-electron chi connectivity index (χ3n) is 3.17. The molecule has 3 nitrogen and oxygen atoms in total. The first-order valence-electron chi connectivity index (χ1n) is 6.49. The molecule has 0 aliphatic rings. The maximum absolute atomic E-state index is 3.32. The number of likely N-dealkylation sites (N-methyl/N-ethyl adjacent to an activating group) is 3. The minimum absolute atomic E-state index is 0.612. The van der Waals surface area contributed by atoms with E-state index in [9.17, 15) is 0 Å². The Morgan fingerprint density at radius 1 is 1.12 bits per heavy atom. The molecule has 2 atom stereocenters. The van der Waals surface area contributed by atoms with Gasteiger partial charge in [-0.25, -0.2) is 0 Å². The van der Waals surface area contributed by atoms with E-state index in [1.807, 2.05) is 7.05 Å². The van der Waals surface area contributed by atoms with Crippen LogP contribution in [0.3, 0.4) is 0 Å². The van der Waals surface area contributed by atoms with Gasteiger partial charge in [-0.1, -0.05) is 20.8 Å². The van der Waals surface area contributed by atoms with Crippen LogP contribution in [0.25, 0.3) is 0 Å². The highest BCUT2D eigenvalue weighted by Gasteiger charge is 2.24. The minimum atomic E-state index is 0.612. The Bertz CT molecular complexity index is 169. The molecule has 3 heteroatoms. The van der Waals surface area contributed by atoms with Gasteiger partial charge in [-0.05, 0) is 40.5 Å². The molecule has 0 aromatic heterocycles. The van der Waals surface area contributed by atoms with Crippen molar-refractivity contribution in [3.63, 3.8) is 0 Å². The van der Waals surface area contributed by atoms with Gasteiger partial charge in [0.1, 0.15) is 0 Å². The number of hydrogen-bond acceptors (Lipinski definition) is 3. The first-order valence-corrected chi connectivity index (χ1v) is 6.49. The molecule has 0 aromatic rings. The van der Waals surface area contributed by atoms with Crippen LogP contribution in [0.15, 0.2) is 0 Å². The molecule has 0 amide bonds. The van der Waals surface area contributed by atoms with Crippen molar-refractivity contribution in [2.45, 2.75) is 39.8 Å². The predicted octanol–water partition coefficient (Wildman–Crippen LogP) is 1.50. The molecule has 0 aromatic carbocycles. The van der Waals surface area contributed by atoms with Crippen LogP contribution in [0, 0.1) is 5.92 Å². The van der Waals surface area contributed by atoms with Gasteiger partial charge in [0.05, 0.1) is 0 Å². The largest absolute Gasteiger partial charge is 0.318 e. The average Bonchev–Trinajstić information content (AvgIpc) is 2.16. The summed E-state index contributed by atoms with van der Waals surface area (Å²) in [7, 11) is 6.33. The summed E-state index contributed by atoms with van der Waals surface area (Å²) in [6.07, 6.45) is 0. The first-order chi connectivity index (χ1) is 7.43. The molecule has 0 aliphatic carbocycles.